The minimum Gasteiger partial charge on any atom is -0.449 e. The summed E-state index contributed by atoms with van der Waals surface area (Å²) in [5.74, 6) is 5.57. The molecule has 156 valence electrons. The molecule has 0 fully saturated rings. The van der Waals surface area contributed by atoms with Crippen LogP contribution in [-0.4, -0.2) is 19.2 Å². The second kappa shape index (κ2) is 9.44. The van der Waals surface area contributed by atoms with Crippen molar-refractivity contribution in [1.29, 1.82) is 0 Å². The first-order valence-electron chi connectivity index (χ1n) is 10.1. The van der Waals surface area contributed by atoms with Gasteiger partial charge in [-0.05, 0) is 28.3 Å². The monoisotopic (exact) mass is 417 g/mol. The van der Waals surface area contributed by atoms with Crippen LogP contribution in [0.25, 0.3) is 11.1 Å². The number of hydrogen-bond donors (Lipinski definition) is 1. The van der Waals surface area contributed by atoms with Crippen LogP contribution in [0.4, 0.5) is 13.6 Å². The van der Waals surface area contributed by atoms with Gasteiger partial charge < -0.3 is 10.1 Å². The van der Waals surface area contributed by atoms with E-state index in [-0.39, 0.29) is 24.6 Å². The number of halogens is 2. The summed E-state index contributed by atoms with van der Waals surface area (Å²) < 4.78 is 31.4. The highest BCUT2D eigenvalue weighted by Gasteiger charge is 2.28. The van der Waals surface area contributed by atoms with E-state index in [9.17, 15) is 13.6 Å². The lowest BCUT2D eigenvalue weighted by Gasteiger charge is -2.14. The Kier molecular flexibility index (Phi) is 6.28. The van der Waals surface area contributed by atoms with Crippen molar-refractivity contribution in [3.8, 4) is 23.0 Å². The zero-order chi connectivity index (χ0) is 21.6. The van der Waals surface area contributed by atoms with E-state index >= 15 is 0 Å². The maximum atomic E-state index is 13.0. The van der Waals surface area contributed by atoms with Crippen molar-refractivity contribution in [2.75, 3.05) is 13.2 Å². The summed E-state index contributed by atoms with van der Waals surface area (Å²) in [4.78, 5) is 12.1. The zero-order valence-electron chi connectivity index (χ0n) is 16.8. The number of nitrogens with one attached hydrogen (secondary N) is 1. The molecule has 1 N–H and O–H groups in total. The average Bonchev–Trinajstić information content (AvgIpc) is 3.11. The molecule has 0 aromatic heterocycles. The van der Waals surface area contributed by atoms with Gasteiger partial charge in [0.2, 0.25) is 0 Å². The minimum atomic E-state index is -2.57. The average molecular weight is 417 g/mol. The van der Waals surface area contributed by atoms with Gasteiger partial charge >= 0.3 is 6.09 Å². The predicted octanol–water partition coefficient (Wildman–Crippen LogP) is 5.90. The molecule has 0 saturated carbocycles. The summed E-state index contributed by atoms with van der Waals surface area (Å²) in [6, 6.07) is 22.4. The molecule has 1 amide bonds. The van der Waals surface area contributed by atoms with Gasteiger partial charge in [-0.3, -0.25) is 0 Å². The molecule has 1 aliphatic rings. The Labute approximate surface area is 180 Å². The lowest BCUT2D eigenvalue weighted by atomic mass is 9.98. The van der Waals surface area contributed by atoms with Crippen molar-refractivity contribution in [3.63, 3.8) is 0 Å². The number of alkyl carbamates (subject to hydrolysis) is 1. The van der Waals surface area contributed by atoms with Crippen LogP contribution in [0.15, 0.2) is 72.8 Å². The Morgan fingerprint density at radius 3 is 2.23 bits per heavy atom. The van der Waals surface area contributed by atoms with Gasteiger partial charge in [0.1, 0.15) is 6.61 Å². The maximum Gasteiger partial charge on any atom is 0.407 e. The summed E-state index contributed by atoms with van der Waals surface area (Å²) in [5.41, 5.74) is 4.87. The number of benzene rings is 3. The first kappa shape index (κ1) is 20.6. The molecule has 0 heterocycles. The fourth-order valence-corrected chi connectivity index (χ4v) is 3.84. The van der Waals surface area contributed by atoms with Crippen molar-refractivity contribution in [2.24, 2.45) is 0 Å². The van der Waals surface area contributed by atoms with Crippen molar-refractivity contribution >= 4 is 6.09 Å². The van der Waals surface area contributed by atoms with Gasteiger partial charge in [0, 0.05) is 30.0 Å². The molecule has 0 unspecified atom stereocenters. The van der Waals surface area contributed by atoms with Crippen LogP contribution in [0.5, 0.6) is 0 Å². The van der Waals surface area contributed by atoms with Crippen LogP contribution in [-0.2, 0) is 4.74 Å². The van der Waals surface area contributed by atoms with Gasteiger partial charge in [0.15, 0.2) is 0 Å². The van der Waals surface area contributed by atoms with E-state index in [1.807, 2.05) is 24.3 Å². The normalized spacial score (nSPS) is 12.0. The second-order valence-electron chi connectivity index (χ2n) is 7.19. The van der Waals surface area contributed by atoms with Crippen molar-refractivity contribution in [1.82, 2.24) is 5.32 Å². The number of fused-ring (bicyclic) bond motifs is 3. The third-order valence-electron chi connectivity index (χ3n) is 5.28. The topological polar surface area (TPSA) is 38.3 Å². The first-order valence-corrected chi connectivity index (χ1v) is 10.1. The fraction of sp³-hybridized carbons (Fsp3) is 0.192. The third-order valence-corrected chi connectivity index (χ3v) is 5.28. The summed E-state index contributed by atoms with van der Waals surface area (Å²) in [7, 11) is 0. The minimum absolute atomic E-state index is 0.00351. The lowest BCUT2D eigenvalue weighted by molar-refractivity contribution is 0.143. The molecular weight excluding hydrogens is 396 g/mol. The van der Waals surface area contributed by atoms with Crippen LogP contribution < -0.4 is 5.32 Å². The number of alkyl halides is 2. The van der Waals surface area contributed by atoms with E-state index in [1.165, 1.54) is 17.2 Å². The molecule has 0 aliphatic heterocycles. The Bertz CT molecular complexity index is 1100. The lowest BCUT2D eigenvalue weighted by Crippen LogP contribution is -2.26. The number of amides is 1. The van der Waals surface area contributed by atoms with Crippen molar-refractivity contribution in [2.45, 2.75) is 18.8 Å². The standard InChI is InChI=1S/C26H21F2NO2/c27-25(28)19-11-2-1-9-18(19)10-7-8-16-29-26(30)31-17-24-22-14-5-3-12-20(22)21-13-4-6-15-23(21)24/h1-6,9,11-15,24-25H,8,16-17H2,(H,29,30). The van der Waals surface area contributed by atoms with Crippen LogP contribution >= 0.6 is 0 Å². The van der Waals surface area contributed by atoms with Crippen LogP contribution in [0, 0.1) is 11.8 Å². The van der Waals surface area contributed by atoms with E-state index in [0.29, 0.717) is 12.0 Å². The van der Waals surface area contributed by atoms with Gasteiger partial charge in [-0.1, -0.05) is 78.6 Å². The number of carbonyl (C=O) groups excluding carboxylic acids is 1. The molecule has 0 spiro atoms. The molecule has 3 nitrogen and oxygen atoms in total. The van der Waals surface area contributed by atoms with Gasteiger partial charge in [-0.25, -0.2) is 13.6 Å². The molecule has 1 aliphatic carbocycles. The molecule has 0 radical (unpaired) electrons. The Balaban J connectivity index is 1.30. The Morgan fingerprint density at radius 2 is 1.55 bits per heavy atom. The smallest absolute Gasteiger partial charge is 0.407 e. The van der Waals surface area contributed by atoms with Gasteiger partial charge in [0.25, 0.3) is 6.43 Å². The highest BCUT2D eigenvalue weighted by Crippen LogP contribution is 2.44. The molecule has 31 heavy (non-hydrogen) atoms. The molecule has 3 aromatic rings. The molecule has 0 saturated heterocycles. The Hall–Kier alpha value is -3.65. The first-order chi connectivity index (χ1) is 15.1. The highest BCUT2D eigenvalue weighted by atomic mass is 19.3. The zero-order valence-corrected chi connectivity index (χ0v) is 16.8. The summed E-state index contributed by atoms with van der Waals surface area (Å²) in [5, 5.41) is 2.67. The summed E-state index contributed by atoms with van der Waals surface area (Å²) in [6.07, 6.45) is -2.75. The number of carbonyl (C=O) groups is 1. The van der Waals surface area contributed by atoms with Gasteiger partial charge in [-0.2, -0.15) is 0 Å². The van der Waals surface area contributed by atoms with Crippen LogP contribution in [0.3, 0.4) is 0 Å². The summed E-state index contributed by atoms with van der Waals surface area (Å²) >= 11 is 0. The number of rotatable bonds is 5. The number of ether oxygens (including phenoxy) is 1. The van der Waals surface area contributed by atoms with E-state index in [4.69, 9.17) is 4.74 Å². The van der Waals surface area contributed by atoms with Crippen LogP contribution in [0.1, 0.15) is 41.0 Å². The maximum absolute atomic E-state index is 13.0. The SMILES string of the molecule is O=C(NCCC#Cc1ccccc1C(F)F)OCC1c2ccccc2-c2ccccc21. The van der Waals surface area contributed by atoms with E-state index < -0.39 is 12.5 Å². The third kappa shape index (κ3) is 4.59. The Morgan fingerprint density at radius 1 is 0.935 bits per heavy atom. The van der Waals surface area contributed by atoms with E-state index in [0.717, 1.165) is 11.1 Å². The largest absolute Gasteiger partial charge is 0.449 e. The molecule has 3 aromatic carbocycles. The van der Waals surface area contributed by atoms with Gasteiger partial charge in [0.05, 0.1) is 0 Å². The quantitative estimate of drug-likeness (QED) is 0.414. The van der Waals surface area contributed by atoms with E-state index in [1.54, 1.807) is 18.2 Å². The number of hydrogen-bond acceptors (Lipinski definition) is 2. The van der Waals surface area contributed by atoms with Crippen molar-refractivity contribution < 1.29 is 18.3 Å². The van der Waals surface area contributed by atoms with Crippen molar-refractivity contribution in [3.05, 3.63) is 95.1 Å². The van der Waals surface area contributed by atoms with Gasteiger partial charge in [-0.15, -0.1) is 0 Å². The molecular formula is C26H21F2NO2. The van der Waals surface area contributed by atoms with Crippen LogP contribution in [0.2, 0.25) is 0 Å². The molecule has 5 heteroatoms. The molecule has 0 atom stereocenters. The second-order valence-corrected chi connectivity index (χ2v) is 7.19. The van der Waals surface area contributed by atoms with E-state index in [2.05, 4.69) is 41.4 Å². The molecule has 4 rings (SSSR count). The molecule has 0 bridgehead atoms. The fourth-order valence-electron chi connectivity index (χ4n) is 3.84. The predicted molar refractivity (Wildman–Crippen MR) is 116 cm³/mol. The highest BCUT2D eigenvalue weighted by molar-refractivity contribution is 5.79. The summed E-state index contributed by atoms with van der Waals surface area (Å²) in [6.45, 7) is 0.522.